The number of halogens is 1. The molecule has 0 aliphatic carbocycles. The number of aromatic nitrogens is 1. The maximum atomic E-state index is 13.5. The number of hydrogen-bond acceptors (Lipinski definition) is 4. The quantitative estimate of drug-likeness (QED) is 0.792. The van der Waals surface area contributed by atoms with Gasteiger partial charge in [0.2, 0.25) is 0 Å². The van der Waals surface area contributed by atoms with Gasteiger partial charge in [-0.2, -0.15) is 0 Å². The second-order valence-corrected chi connectivity index (χ2v) is 4.79. The number of carbonyl (C=O) groups excluding carboxylic acids is 1. The predicted molar refractivity (Wildman–Crippen MR) is 79.0 cm³/mol. The molecule has 0 aliphatic heterocycles. The maximum Gasteiger partial charge on any atom is 0.319 e. The Kier molecular flexibility index (Phi) is 5.11. The number of hydrogen-bond donors (Lipinski definition) is 3. The molecule has 0 radical (unpaired) electrons. The van der Waals surface area contributed by atoms with E-state index in [2.05, 4.69) is 15.8 Å². The molecule has 7 heteroatoms. The fourth-order valence-corrected chi connectivity index (χ4v) is 2.02. The molecule has 1 unspecified atom stereocenters. The number of rotatable bonds is 5. The first kappa shape index (κ1) is 16.0. The summed E-state index contributed by atoms with van der Waals surface area (Å²) >= 11 is 0. The van der Waals surface area contributed by atoms with Crippen LogP contribution in [0.5, 0.6) is 0 Å². The smallest absolute Gasteiger partial charge is 0.319 e. The van der Waals surface area contributed by atoms with Crippen molar-refractivity contribution < 1.29 is 18.8 Å². The van der Waals surface area contributed by atoms with Crippen molar-refractivity contribution in [2.24, 2.45) is 0 Å². The average molecular weight is 307 g/mol. The molecule has 2 amide bonds. The Morgan fingerprint density at radius 3 is 2.86 bits per heavy atom. The van der Waals surface area contributed by atoms with E-state index in [9.17, 15) is 14.3 Å². The van der Waals surface area contributed by atoms with E-state index in [1.54, 1.807) is 13.0 Å². The molecule has 0 aliphatic rings. The van der Waals surface area contributed by atoms with Crippen LogP contribution in [-0.4, -0.2) is 22.8 Å². The lowest BCUT2D eigenvalue weighted by Gasteiger charge is -2.13. The van der Waals surface area contributed by atoms with Gasteiger partial charge >= 0.3 is 6.03 Å². The molecule has 2 aromatic rings. The second-order valence-electron chi connectivity index (χ2n) is 4.79. The van der Waals surface area contributed by atoms with Crippen LogP contribution in [0.1, 0.15) is 30.0 Å². The third-order valence-electron chi connectivity index (χ3n) is 3.21. The minimum absolute atomic E-state index is 0.113. The summed E-state index contributed by atoms with van der Waals surface area (Å²) in [4.78, 5) is 11.9. The van der Waals surface area contributed by atoms with Gasteiger partial charge in [0.05, 0.1) is 6.10 Å². The standard InChI is InChI=1S/C15H18FN3O3/c1-3-13-14(9(2)19-22-13)18-15(21)17-8-12(20)10-6-4-5-7-11(10)16/h4-7,12,20H,3,8H2,1-2H3,(H2,17,18,21). The number of aliphatic hydroxyl groups excluding tert-OH is 1. The normalized spacial score (nSPS) is 12.0. The fourth-order valence-electron chi connectivity index (χ4n) is 2.02. The molecule has 0 saturated carbocycles. The first-order chi connectivity index (χ1) is 10.5. The van der Waals surface area contributed by atoms with Gasteiger partial charge in [0, 0.05) is 18.5 Å². The van der Waals surface area contributed by atoms with Crippen LogP contribution in [-0.2, 0) is 6.42 Å². The van der Waals surface area contributed by atoms with E-state index >= 15 is 0 Å². The molecular weight excluding hydrogens is 289 g/mol. The molecule has 0 spiro atoms. The number of amides is 2. The number of nitrogens with zero attached hydrogens (tertiary/aromatic N) is 1. The third-order valence-corrected chi connectivity index (χ3v) is 3.21. The molecule has 118 valence electrons. The van der Waals surface area contributed by atoms with Crippen molar-refractivity contribution in [1.29, 1.82) is 0 Å². The lowest BCUT2D eigenvalue weighted by molar-refractivity contribution is 0.170. The molecule has 1 aromatic carbocycles. The highest BCUT2D eigenvalue weighted by Crippen LogP contribution is 2.20. The summed E-state index contributed by atoms with van der Waals surface area (Å²) in [5, 5.41) is 18.8. The molecule has 2 rings (SSSR count). The molecule has 1 heterocycles. The van der Waals surface area contributed by atoms with Crippen molar-refractivity contribution in [3.05, 3.63) is 47.1 Å². The summed E-state index contributed by atoms with van der Waals surface area (Å²) in [6, 6.07) is 5.37. The van der Waals surface area contributed by atoms with Crippen LogP contribution in [0.3, 0.4) is 0 Å². The van der Waals surface area contributed by atoms with E-state index in [1.807, 2.05) is 6.92 Å². The molecule has 1 aromatic heterocycles. The Labute approximate surface area is 127 Å². The zero-order valence-corrected chi connectivity index (χ0v) is 12.4. The van der Waals surface area contributed by atoms with Gasteiger partial charge in [0.15, 0.2) is 5.76 Å². The zero-order valence-electron chi connectivity index (χ0n) is 12.4. The summed E-state index contributed by atoms with van der Waals surface area (Å²) < 4.78 is 18.6. The Morgan fingerprint density at radius 2 is 2.18 bits per heavy atom. The van der Waals surface area contributed by atoms with Crippen molar-refractivity contribution >= 4 is 11.7 Å². The topological polar surface area (TPSA) is 87.4 Å². The lowest BCUT2D eigenvalue weighted by atomic mass is 10.1. The Hall–Kier alpha value is -2.41. The minimum atomic E-state index is -1.12. The highest BCUT2D eigenvalue weighted by molar-refractivity contribution is 5.90. The Bertz CT molecular complexity index is 657. The Morgan fingerprint density at radius 1 is 1.45 bits per heavy atom. The maximum absolute atomic E-state index is 13.5. The molecule has 0 bridgehead atoms. The van der Waals surface area contributed by atoms with E-state index in [0.717, 1.165) is 0 Å². The van der Waals surface area contributed by atoms with Gasteiger partial charge in [-0.1, -0.05) is 30.3 Å². The fraction of sp³-hybridized carbons (Fsp3) is 0.333. The van der Waals surface area contributed by atoms with Crippen molar-refractivity contribution in [2.45, 2.75) is 26.4 Å². The van der Waals surface area contributed by atoms with Crippen LogP contribution in [0.15, 0.2) is 28.8 Å². The van der Waals surface area contributed by atoms with Crippen LogP contribution >= 0.6 is 0 Å². The minimum Gasteiger partial charge on any atom is -0.386 e. The van der Waals surface area contributed by atoms with Crippen molar-refractivity contribution in [2.75, 3.05) is 11.9 Å². The van der Waals surface area contributed by atoms with E-state index in [4.69, 9.17) is 4.52 Å². The number of carbonyl (C=O) groups is 1. The van der Waals surface area contributed by atoms with Gasteiger partial charge in [-0.3, -0.25) is 0 Å². The SMILES string of the molecule is CCc1onc(C)c1NC(=O)NCC(O)c1ccccc1F. The van der Waals surface area contributed by atoms with Crippen LogP contribution in [0.2, 0.25) is 0 Å². The summed E-state index contributed by atoms with van der Waals surface area (Å²) in [6.07, 6.45) is -0.532. The zero-order chi connectivity index (χ0) is 16.1. The first-order valence-corrected chi connectivity index (χ1v) is 6.95. The Balaban J connectivity index is 1.93. The monoisotopic (exact) mass is 307 g/mol. The highest BCUT2D eigenvalue weighted by Gasteiger charge is 2.16. The highest BCUT2D eigenvalue weighted by atomic mass is 19.1. The number of benzene rings is 1. The number of anilines is 1. The molecule has 0 saturated heterocycles. The number of nitrogens with one attached hydrogen (secondary N) is 2. The van der Waals surface area contributed by atoms with Crippen LogP contribution in [0.4, 0.5) is 14.9 Å². The molecule has 22 heavy (non-hydrogen) atoms. The van der Waals surface area contributed by atoms with Crippen molar-refractivity contribution in [3.63, 3.8) is 0 Å². The van der Waals surface area contributed by atoms with E-state index in [1.165, 1.54) is 18.2 Å². The van der Waals surface area contributed by atoms with Crippen molar-refractivity contribution in [3.8, 4) is 0 Å². The number of urea groups is 1. The molecule has 0 fully saturated rings. The first-order valence-electron chi connectivity index (χ1n) is 6.95. The van der Waals surface area contributed by atoms with E-state index in [0.29, 0.717) is 23.6 Å². The largest absolute Gasteiger partial charge is 0.386 e. The number of aryl methyl sites for hydroxylation is 2. The summed E-state index contributed by atoms with van der Waals surface area (Å²) in [6.45, 7) is 3.48. The van der Waals surface area contributed by atoms with Gasteiger partial charge in [0.25, 0.3) is 0 Å². The van der Waals surface area contributed by atoms with Crippen LogP contribution in [0, 0.1) is 12.7 Å². The van der Waals surface area contributed by atoms with Gasteiger partial charge in [0.1, 0.15) is 17.2 Å². The lowest BCUT2D eigenvalue weighted by Crippen LogP contribution is -2.33. The van der Waals surface area contributed by atoms with Crippen molar-refractivity contribution in [1.82, 2.24) is 10.5 Å². The molecular formula is C15H18FN3O3. The summed E-state index contributed by atoms with van der Waals surface area (Å²) in [7, 11) is 0. The molecule has 3 N–H and O–H groups in total. The number of aliphatic hydroxyl groups is 1. The van der Waals surface area contributed by atoms with Gasteiger partial charge in [-0.15, -0.1) is 0 Å². The molecule has 1 atom stereocenters. The average Bonchev–Trinajstić information content (AvgIpc) is 2.86. The van der Waals surface area contributed by atoms with Crippen LogP contribution < -0.4 is 10.6 Å². The van der Waals surface area contributed by atoms with Gasteiger partial charge in [-0.05, 0) is 13.0 Å². The predicted octanol–water partition coefficient (Wildman–Crippen LogP) is 2.54. The van der Waals surface area contributed by atoms with Crippen LogP contribution in [0.25, 0.3) is 0 Å². The summed E-state index contributed by atoms with van der Waals surface area (Å²) in [5.41, 5.74) is 1.22. The molecule has 6 nitrogen and oxygen atoms in total. The van der Waals surface area contributed by atoms with Gasteiger partial charge in [-0.25, -0.2) is 9.18 Å². The summed E-state index contributed by atoms with van der Waals surface area (Å²) in [5.74, 6) is 0.0580. The third kappa shape index (κ3) is 3.62. The van der Waals surface area contributed by atoms with Gasteiger partial charge < -0.3 is 20.3 Å². The van der Waals surface area contributed by atoms with E-state index in [-0.39, 0.29) is 12.1 Å². The van der Waals surface area contributed by atoms with E-state index < -0.39 is 18.0 Å². The second kappa shape index (κ2) is 7.04.